The highest BCUT2D eigenvalue weighted by Crippen LogP contribution is 2.29. The van der Waals surface area contributed by atoms with E-state index in [4.69, 9.17) is 0 Å². The molecule has 3 rings (SSSR count). The summed E-state index contributed by atoms with van der Waals surface area (Å²) >= 11 is 0. The summed E-state index contributed by atoms with van der Waals surface area (Å²) in [6.45, 7) is 7.60. The number of pyridine rings is 1. The molecule has 1 unspecified atom stereocenters. The normalized spacial score (nSPS) is 16.9. The first-order valence-electron chi connectivity index (χ1n) is 8.58. The monoisotopic (exact) mass is 355 g/mol. The first-order valence-corrected chi connectivity index (χ1v) is 8.58. The quantitative estimate of drug-likeness (QED) is 0.917. The van der Waals surface area contributed by atoms with Crippen LogP contribution in [0.15, 0.2) is 24.3 Å². The fraction of sp³-hybridized carbons (Fsp3) is 0.350. The molecular weight excluding hydrogens is 333 g/mol. The van der Waals surface area contributed by atoms with Crippen molar-refractivity contribution >= 4 is 23.2 Å². The highest BCUT2D eigenvalue weighted by atomic mass is 19.1. The summed E-state index contributed by atoms with van der Waals surface area (Å²) in [5.41, 5.74) is 4.23. The predicted octanol–water partition coefficient (Wildman–Crippen LogP) is 3.45. The van der Waals surface area contributed by atoms with E-state index in [9.17, 15) is 14.0 Å². The lowest BCUT2D eigenvalue weighted by molar-refractivity contribution is -0.122. The number of rotatable bonds is 3. The Hall–Kier alpha value is -2.76. The summed E-state index contributed by atoms with van der Waals surface area (Å²) in [6, 6.07) is 6.63. The standard InChI is InChI=1S/C20H22FN3O2/c1-11-5-6-17(16(21)7-11)24-10-15(9-18(24)25)20(26)23-19-12(2)8-13(3)22-14(19)4/h5-8,15H,9-10H2,1-4H3,(H,23,26). The first-order chi connectivity index (χ1) is 12.3. The van der Waals surface area contributed by atoms with Crippen LogP contribution < -0.4 is 10.2 Å². The molecule has 1 N–H and O–H groups in total. The Morgan fingerprint density at radius 2 is 1.96 bits per heavy atom. The Morgan fingerprint density at radius 3 is 2.62 bits per heavy atom. The SMILES string of the molecule is Cc1ccc(N2CC(C(=O)Nc3c(C)cc(C)nc3C)CC2=O)c(F)c1. The van der Waals surface area contributed by atoms with Crippen molar-refractivity contribution in [2.75, 3.05) is 16.8 Å². The Bertz CT molecular complexity index is 872. The Labute approximate surface area is 152 Å². The molecule has 1 aromatic heterocycles. The Kier molecular flexibility index (Phi) is 4.76. The molecule has 2 heterocycles. The molecule has 5 nitrogen and oxygen atoms in total. The smallest absolute Gasteiger partial charge is 0.229 e. The molecule has 0 saturated carbocycles. The molecule has 0 aliphatic carbocycles. The van der Waals surface area contributed by atoms with Crippen LogP contribution in [-0.4, -0.2) is 23.3 Å². The number of hydrogen-bond acceptors (Lipinski definition) is 3. The fourth-order valence-electron chi connectivity index (χ4n) is 3.38. The van der Waals surface area contributed by atoms with Gasteiger partial charge in [0, 0.05) is 18.7 Å². The van der Waals surface area contributed by atoms with E-state index in [0.717, 1.165) is 22.5 Å². The first kappa shape index (κ1) is 18.0. The fourth-order valence-corrected chi connectivity index (χ4v) is 3.38. The highest BCUT2D eigenvalue weighted by molar-refractivity contribution is 6.03. The number of halogens is 1. The van der Waals surface area contributed by atoms with Crippen LogP contribution in [0.2, 0.25) is 0 Å². The van der Waals surface area contributed by atoms with Crippen LogP contribution in [0.3, 0.4) is 0 Å². The van der Waals surface area contributed by atoms with Crippen molar-refractivity contribution in [3.8, 4) is 0 Å². The van der Waals surface area contributed by atoms with Crippen molar-refractivity contribution in [1.29, 1.82) is 0 Å². The molecule has 0 bridgehead atoms. The number of anilines is 2. The summed E-state index contributed by atoms with van der Waals surface area (Å²) in [5.74, 6) is -1.47. The molecule has 1 aliphatic heterocycles. The van der Waals surface area contributed by atoms with Crippen molar-refractivity contribution < 1.29 is 14.0 Å². The molecule has 1 aliphatic rings. The van der Waals surface area contributed by atoms with Gasteiger partial charge in [-0.15, -0.1) is 0 Å². The third kappa shape index (κ3) is 3.45. The molecular formula is C20H22FN3O2. The number of hydrogen-bond donors (Lipinski definition) is 1. The van der Waals surface area contributed by atoms with Crippen LogP contribution >= 0.6 is 0 Å². The number of benzene rings is 1. The molecule has 26 heavy (non-hydrogen) atoms. The second-order valence-corrected chi connectivity index (χ2v) is 6.89. The van der Waals surface area contributed by atoms with Crippen molar-refractivity contribution in [3.63, 3.8) is 0 Å². The minimum absolute atomic E-state index is 0.0660. The highest BCUT2D eigenvalue weighted by Gasteiger charge is 2.36. The average Bonchev–Trinajstić information content (AvgIpc) is 2.92. The second-order valence-electron chi connectivity index (χ2n) is 6.89. The van der Waals surface area contributed by atoms with Crippen LogP contribution in [0.25, 0.3) is 0 Å². The molecule has 1 aromatic carbocycles. The van der Waals surface area contributed by atoms with E-state index >= 15 is 0 Å². The Balaban J connectivity index is 1.77. The number of amides is 2. The number of carbonyl (C=O) groups excluding carboxylic acids is 2. The number of nitrogens with one attached hydrogen (secondary N) is 1. The molecule has 2 amide bonds. The molecule has 6 heteroatoms. The van der Waals surface area contributed by atoms with Gasteiger partial charge in [0.15, 0.2) is 0 Å². The van der Waals surface area contributed by atoms with Crippen LogP contribution in [-0.2, 0) is 9.59 Å². The maximum atomic E-state index is 14.2. The molecule has 0 spiro atoms. The molecule has 0 radical (unpaired) electrons. The average molecular weight is 355 g/mol. The molecule has 2 aromatic rings. The van der Waals surface area contributed by atoms with Crippen LogP contribution in [0.1, 0.15) is 28.9 Å². The van der Waals surface area contributed by atoms with E-state index in [1.807, 2.05) is 26.8 Å². The molecule has 136 valence electrons. The van der Waals surface area contributed by atoms with Gasteiger partial charge in [0.05, 0.1) is 23.0 Å². The van der Waals surface area contributed by atoms with Crippen LogP contribution in [0.4, 0.5) is 15.8 Å². The summed E-state index contributed by atoms with van der Waals surface area (Å²) in [5, 5.41) is 2.89. The van der Waals surface area contributed by atoms with Gasteiger partial charge in [-0.2, -0.15) is 0 Å². The number of aromatic nitrogens is 1. The van der Waals surface area contributed by atoms with E-state index < -0.39 is 11.7 Å². The topological polar surface area (TPSA) is 62.3 Å². The predicted molar refractivity (Wildman–Crippen MR) is 98.7 cm³/mol. The van der Waals surface area contributed by atoms with E-state index in [1.54, 1.807) is 19.1 Å². The van der Waals surface area contributed by atoms with Gasteiger partial charge in [-0.1, -0.05) is 6.07 Å². The van der Waals surface area contributed by atoms with Gasteiger partial charge < -0.3 is 10.2 Å². The third-order valence-corrected chi connectivity index (χ3v) is 4.66. The summed E-state index contributed by atoms with van der Waals surface area (Å²) in [7, 11) is 0. The van der Waals surface area contributed by atoms with E-state index in [2.05, 4.69) is 10.3 Å². The van der Waals surface area contributed by atoms with Gasteiger partial charge in [0.25, 0.3) is 0 Å². The molecule has 1 saturated heterocycles. The molecule has 1 fully saturated rings. The van der Waals surface area contributed by atoms with Crippen molar-refractivity contribution in [2.24, 2.45) is 5.92 Å². The number of carbonyl (C=O) groups is 2. The lowest BCUT2D eigenvalue weighted by Crippen LogP contribution is -2.29. The van der Waals surface area contributed by atoms with Crippen molar-refractivity contribution in [2.45, 2.75) is 34.1 Å². The van der Waals surface area contributed by atoms with Gasteiger partial charge in [-0.05, 0) is 57.0 Å². The zero-order valence-corrected chi connectivity index (χ0v) is 15.4. The van der Waals surface area contributed by atoms with Crippen LogP contribution in [0, 0.1) is 39.4 Å². The van der Waals surface area contributed by atoms with E-state index in [1.165, 1.54) is 11.0 Å². The maximum Gasteiger partial charge on any atom is 0.229 e. The zero-order valence-electron chi connectivity index (χ0n) is 15.4. The van der Waals surface area contributed by atoms with E-state index in [-0.39, 0.29) is 30.5 Å². The third-order valence-electron chi connectivity index (χ3n) is 4.66. The van der Waals surface area contributed by atoms with Gasteiger partial charge in [-0.25, -0.2) is 4.39 Å². The van der Waals surface area contributed by atoms with Crippen molar-refractivity contribution in [3.05, 3.63) is 52.6 Å². The van der Waals surface area contributed by atoms with E-state index in [0.29, 0.717) is 5.69 Å². The lowest BCUT2D eigenvalue weighted by Gasteiger charge is -2.18. The minimum atomic E-state index is -0.525. The largest absolute Gasteiger partial charge is 0.324 e. The minimum Gasteiger partial charge on any atom is -0.324 e. The van der Waals surface area contributed by atoms with Gasteiger partial charge in [0.2, 0.25) is 11.8 Å². The van der Waals surface area contributed by atoms with Gasteiger partial charge in [0.1, 0.15) is 5.82 Å². The lowest BCUT2D eigenvalue weighted by atomic mass is 10.1. The maximum absolute atomic E-state index is 14.2. The summed E-state index contributed by atoms with van der Waals surface area (Å²) < 4.78 is 14.2. The number of nitrogens with zero attached hydrogens (tertiary/aromatic N) is 2. The zero-order chi connectivity index (χ0) is 19.0. The Morgan fingerprint density at radius 1 is 1.23 bits per heavy atom. The van der Waals surface area contributed by atoms with Gasteiger partial charge in [-0.3, -0.25) is 14.6 Å². The summed E-state index contributed by atoms with van der Waals surface area (Å²) in [4.78, 5) is 30.7. The van der Waals surface area contributed by atoms with Crippen LogP contribution in [0.5, 0.6) is 0 Å². The van der Waals surface area contributed by atoms with Gasteiger partial charge >= 0.3 is 0 Å². The number of aryl methyl sites for hydroxylation is 4. The summed E-state index contributed by atoms with van der Waals surface area (Å²) in [6.07, 6.45) is 0.0660. The van der Waals surface area contributed by atoms with Crippen molar-refractivity contribution in [1.82, 2.24) is 4.98 Å². The molecule has 1 atom stereocenters. The second kappa shape index (κ2) is 6.86.